The molecule has 0 amide bonds. The zero-order valence-electron chi connectivity index (χ0n) is 25.6. The van der Waals surface area contributed by atoms with Crippen LogP contribution in [0.25, 0.3) is 88.8 Å². The van der Waals surface area contributed by atoms with E-state index in [-0.39, 0.29) is 0 Å². The highest BCUT2D eigenvalue weighted by atomic mass is 32.1. The lowest BCUT2D eigenvalue weighted by Gasteiger charge is -2.19. The molecule has 0 radical (unpaired) electrons. The van der Waals surface area contributed by atoms with E-state index in [4.69, 9.17) is 9.97 Å². The number of hydrogen-bond acceptors (Lipinski definition) is 6. The van der Waals surface area contributed by atoms with Crippen LogP contribution in [0.2, 0.25) is 0 Å². The summed E-state index contributed by atoms with van der Waals surface area (Å²) >= 11 is 3.16. The SMILES string of the molecule is c1ccc(-c2ccccc2-c2ccc3c(-c4ccnc(-c5cscn5)c4)c4ccccc4c(-c4ccnc(-c5cscn5)c4)c3c2)cc1. The van der Waals surface area contributed by atoms with Crippen molar-refractivity contribution in [1.82, 2.24) is 19.9 Å². The lowest BCUT2D eigenvalue weighted by molar-refractivity contribution is 1.28. The summed E-state index contributed by atoms with van der Waals surface area (Å²) in [4.78, 5) is 18.5. The van der Waals surface area contributed by atoms with Gasteiger partial charge in [0, 0.05) is 23.2 Å². The van der Waals surface area contributed by atoms with Gasteiger partial charge in [0.1, 0.15) is 0 Å². The summed E-state index contributed by atoms with van der Waals surface area (Å²) in [5.74, 6) is 0. The van der Waals surface area contributed by atoms with Crippen molar-refractivity contribution in [3.8, 4) is 67.3 Å². The Kier molecular flexibility index (Phi) is 7.15. The van der Waals surface area contributed by atoms with Gasteiger partial charge in [0.2, 0.25) is 0 Å². The molecule has 5 aromatic carbocycles. The predicted octanol–water partition coefficient (Wildman–Crippen LogP) is 11.7. The van der Waals surface area contributed by atoms with Crippen LogP contribution in [0, 0.1) is 0 Å². The average Bonchev–Trinajstić information content (AvgIpc) is 3.90. The maximum atomic E-state index is 4.71. The minimum absolute atomic E-state index is 0.864. The van der Waals surface area contributed by atoms with Gasteiger partial charge in [0.15, 0.2) is 0 Å². The highest BCUT2D eigenvalue weighted by Crippen LogP contribution is 2.46. The molecule has 0 saturated carbocycles. The maximum absolute atomic E-state index is 4.71. The van der Waals surface area contributed by atoms with Crippen molar-refractivity contribution in [2.45, 2.75) is 0 Å². The number of aromatic nitrogens is 4. The number of rotatable bonds is 6. The lowest BCUT2D eigenvalue weighted by atomic mass is 9.84. The van der Waals surface area contributed by atoms with Crippen molar-refractivity contribution in [2.24, 2.45) is 0 Å². The van der Waals surface area contributed by atoms with Gasteiger partial charge in [-0.25, -0.2) is 9.97 Å². The molecule has 6 heteroatoms. The molecule has 9 rings (SSSR count). The Morgan fingerprint density at radius 2 is 0.875 bits per heavy atom. The third-order valence-electron chi connectivity index (χ3n) is 8.83. The molecule has 48 heavy (non-hydrogen) atoms. The van der Waals surface area contributed by atoms with E-state index in [1.54, 1.807) is 22.7 Å². The molecule has 0 aliphatic heterocycles. The Morgan fingerprint density at radius 3 is 1.46 bits per heavy atom. The van der Waals surface area contributed by atoms with E-state index >= 15 is 0 Å². The second-order valence-corrected chi connectivity index (χ2v) is 13.0. The number of pyridine rings is 2. The van der Waals surface area contributed by atoms with Gasteiger partial charge in [-0.15, -0.1) is 22.7 Å². The molecule has 0 N–H and O–H groups in total. The molecule has 0 unspecified atom stereocenters. The summed E-state index contributed by atoms with van der Waals surface area (Å²) in [5.41, 5.74) is 16.5. The van der Waals surface area contributed by atoms with Crippen LogP contribution in [0.1, 0.15) is 0 Å². The molecule has 0 spiro atoms. The first kappa shape index (κ1) is 28.4. The Bertz CT molecular complexity index is 2560. The van der Waals surface area contributed by atoms with E-state index in [1.165, 1.54) is 49.4 Å². The number of benzene rings is 5. The van der Waals surface area contributed by atoms with Gasteiger partial charge in [-0.2, -0.15) is 0 Å². The molecule has 9 aromatic rings. The van der Waals surface area contributed by atoms with Gasteiger partial charge in [0.05, 0.1) is 33.8 Å². The monoisotopic (exact) mass is 650 g/mol. The largest absolute Gasteiger partial charge is 0.255 e. The van der Waals surface area contributed by atoms with Gasteiger partial charge >= 0.3 is 0 Å². The highest BCUT2D eigenvalue weighted by molar-refractivity contribution is 7.08. The highest BCUT2D eigenvalue weighted by Gasteiger charge is 2.20. The fraction of sp³-hybridized carbons (Fsp3) is 0. The minimum Gasteiger partial charge on any atom is -0.255 e. The van der Waals surface area contributed by atoms with Crippen molar-refractivity contribution in [3.05, 3.63) is 156 Å². The molecule has 4 heterocycles. The van der Waals surface area contributed by atoms with Gasteiger partial charge in [0.25, 0.3) is 0 Å². The first-order valence-electron chi connectivity index (χ1n) is 15.6. The summed E-state index contributed by atoms with van der Waals surface area (Å²) in [7, 11) is 0. The fourth-order valence-electron chi connectivity index (χ4n) is 6.70. The topological polar surface area (TPSA) is 51.6 Å². The van der Waals surface area contributed by atoms with E-state index < -0.39 is 0 Å². The summed E-state index contributed by atoms with van der Waals surface area (Å²) in [6.45, 7) is 0. The second kappa shape index (κ2) is 12.1. The van der Waals surface area contributed by atoms with Crippen LogP contribution in [-0.2, 0) is 0 Å². The smallest absolute Gasteiger partial charge is 0.0995 e. The minimum atomic E-state index is 0.864. The summed E-state index contributed by atoms with van der Waals surface area (Å²) in [6.07, 6.45) is 3.79. The second-order valence-electron chi connectivity index (χ2n) is 11.6. The first-order chi connectivity index (χ1) is 23.8. The van der Waals surface area contributed by atoms with Crippen molar-refractivity contribution < 1.29 is 0 Å². The molecule has 0 aliphatic rings. The number of nitrogens with zero attached hydrogens (tertiary/aromatic N) is 4. The molecule has 4 nitrogen and oxygen atoms in total. The Morgan fingerprint density at radius 1 is 0.354 bits per heavy atom. The summed E-state index contributed by atoms with van der Waals surface area (Å²) in [5, 5.41) is 8.80. The Hall–Kier alpha value is -5.82. The van der Waals surface area contributed by atoms with Gasteiger partial charge in [-0.1, -0.05) is 91.0 Å². The molecule has 0 atom stereocenters. The fourth-order valence-corrected chi connectivity index (χ4v) is 7.79. The molecule has 4 aromatic heterocycles. The third kappa shape index (κ3) is 4.99. The van der Waals surface area contributed by atoms with Crippen LogP contribution in [0.15, 0.2) is 156 Å². The zero-order valence-corrected chi connectivity index (χ0v) is 27.2. The van der Waals surface area contributed by atoms with Gasteiger partial charge < -0.3 is 0 Å². The average molecular weight is 651 g/mol. The van der Waals surface area contributed by atoms with Gasteiger partial charge in [-0.05, 0) is 96.4 Å². The van der Waals surface area contributed by atoms with Crippen molar-refractivity contribution >= 4 is 44.2 Å². The summed E-state index contributed by atoms with van der Waals surface area (Å²) in [6, 6.07) is 43.5. The first-order valence-corrected chi connectivity index (χ1v) is 17.5. The Labute approximate surface area is 285 Å². The van der Waals surface area contributed by atoms with E-state index in [9.17, 15) is 0 Å². The van der Waals surface area contributed by atoms with E-state index in [1.807, 2.05) is 34.2 Å². The molecular formula is C42H26N4S2. The van der Waals surface area contributed by atoms with Crippen molar-refractivity contribution in [3.63, 3.8) is 0 Å². The van der Waals surface area contributed by atoms with Crippen LogP contribution in [0.5, 0.6) is 0 Å². The van der Waals surface area contributed by atoms with E-state index in [0.29, 0.717) is 0 Å². The number of thiazole rings is 2. The summed E-state index contributed by atoms with van der Waals surface area (Å²) < 4.78 is 0. The van der Waals surface area contributed by atoms with Gasteiger partial charge in [-0.3, -0.25) is 9.97 Å². The quantitative estimate of drug-likeness (QED) is 0.168. The Balaban J connectivity index is 1.36. The van der Waals surface area contributed by atoms with E-state index in [2.05, 4.69) is 131 Å². The number of fused-ring (bicyclic) bond motifs is 2. The molecule has 0 saturated heterocycles. The zero-order chi connectivity index (χ0) is 31.9. The van der Waals surface area contributed by atoms with Crippen LogP contribution < -0.4 is 0 Å². The van der Waals surface area contributed by atoms with Crippen LogP contribution in [0.4, 0.5) is 0 Å². The molecule has 226 valence electrons. The van der Waals surface area contributed by atoms with Crippen LogP contribution >= 0.6 is 22.7 Å². The maximum Gasteiger partial charge on any atom is 0.0995 e. The standard InChI is InChI=1S/C42H26N4S2/c1-2-8-27(9-3-1)31-10-4-5-11-32(31)28-14-15-35-36(20-28)42(30-17-19-44-38(22-30)40-24-48-26-46-40)34-13-7-6-12-33(34)41(35)29-16-18-43-37(21-29)39-23-47-25-45-39/h1-26H. The predicted molar refractivity (Wildman–Crippen MR) is 201 cm³/mol. The van der Waals surface area contributed by atoms with Crippen LogP contribution in [0.3, 0.4) is 0 Å². The van der Waals surface area contributed by atoms with Crippen molar-refractivity contribution in [1.29, 1.82) is 0 Å². The molecule has 0 fully saturated rings. The lowest BCUT2D eigenvalue weighted by Crippen LogP contribution is -1.94. The molecule has 0 bridgehead atoms. The van der Waals surface area contributed by atoms with Crippen molar-refractivity contribution in [2.75, 3.05) is 0 Å². The molecule has 0 aliphatic carbocycles. The third-order valence-corrected chi connectivity index (χ3v) is 10.0. The van der Waals surface area contributed by atoms with E-state index in [0.717, 1.165) is 39.5 Å². The van der Waals surface area contributed by atoms with Crippen LogP contribution in [-0.4, -0.2) is 19.9 Å². The number of hydrogen-bond donors (Lipinski definition) is 0. The normalized spacial score (nSPS) is 11.3. The molecular weight excluding hydrogens is 625 g/mol.